The molecule has 1 aromatic carbocycles. The molecule has 0 amide bonds. The molecule has 0 aliphatic heterocycles. The number of nitrogens with one attached hydrogen (secondary N) is 1. The van der Waals surface area contributed by atoms with E-state index in [1.807, 2.05) is 12.1 Å². The molecule has 0 bridgehead atoms. The van der Waals surface area contributed by atoms with E-state index >= 15 is 0 Å². The van der Waals surface area contributed by atoms with Crippen LogP contribution in [0.2, 0.25) is 0 Å². The van der Waals surface area contributed by atoms with Crippen LogP contribution in [0.15, 0.2) is 24.3 Å². The summed E-state index contributed by atoms with van der Waals surface area (Å²) in [6.45, 7) is 6.40. The molecule has 3 nitrogen and oxygen atoms in total. The van der Waals surface area contributed by atoms with Crippen molar-refractivity contribution in [3.63, 3.8) is 0 Å². The molecule has 0 saturated carbocycles. The van der Waals surface area contributed by atoms with Crippen molar-refractivity contribution in [3.8, 4) is 0 Å². The fourth-order valence-electron chi connectivity index (χ4n) is 1.81. The molecule has 1 unspecified atom stereocenters. The third-order valence-corrected chi connectivity index (χ3v) is 2.44. The summed E-state index contributed by atoms with van der Waals surface area (Å²) in [5.74, 6) is 0. The second kappa shape index (κ2) is 6.04. The Balaban J connectivity index is 2.55. The number of benzene rings is 1. The van der Waals surface area contributed by atoms with Crippen LogP contribution in [0, 0.1) is 0 Å². The van der Waals surface area contributed by atoms with Crippen LogP contribution < -0.4 is 10.8 Å². The fourth-order valence-corrected chi connectivity index (χ4v) is 1.81. The SMILES string of the molecule is CC(C)NC(C)Cc1ccc(B(O)O)cc1. The quantitative estimate of drug-likeness (QED) is 0.626. The predicted molar refractivity (Wildman–Crippen MR) is 67.7 cm³/mol. The molecule has 16 heavy (non-hydrogen) atoms. The lowest BCUT2D eigenvalue weighted by Crippen LogP contribution is -2.34. The molecule has 0 saturated heterocycles. The Kier molecular flexibility index (Phi) is 4.99. The van der Waals surface area contributed by atoms with Crippen LogP contribution in [0.25, 0.3) is 0 Å². The van der Waals surface area contributed by atoms with Gasteiger partial charge in [0.2, 0.25) is 0 Å². The third kappa shape index (κ3) is 4.35. The summed E-state index contributed by atoms with van der Waals surface area (Å²) in [5.41, 5.74) is 1.73. The Morgan fingerprint density at radius 2 is 1.69 bits per heavy atom. The maximum absolute atomic E-state index is 8.96. The Morgan fingerprint density at radius 3 is 2.12 bits per heavy atom. The molecule has 3 N–H and O–H groups in total. The van der Waals surface area contributed by atoms with Crippen molar-refractivity contribution in [2.45, 2.75) is 39.3 Å². The van der Waals surface area contributed by atoms with Crippen molar-refractivity contribution in [2.75, 3.05) is 0 Å². The number of hydrogen-bond donors (Lipinski definition) is 3. The highest BCUT2D eigenvalue weighted by Crippen LogP contribution is 2.02. The molecule has 88 valence electrons. The highest BCUT2D eigenvalue weighted by Gasteiger charge is 2.10. The topological polar surface area (TPSA) is 52.5 Å². The Bertz CT molecular complexity index is 311. The maximum atomic E-state index is 8.96. The van der Waals surface area contributed by atoms with Crippen LogP contribution >= 0.6 is 0 Å². The van der Waals surface area contributed by atoms with E-state index < -0.39 is 7.12 Å². The first-order chi connectivity index (χ1) is 7.49. The summed E-state index contributed by atoms with van der Waals surface area (Å²) in [7, 11) is -1.37. The first-order valence-electron chi connectivity index (χ1n) is 5.70. The Hall–Kier alpha value is -0.835. The summed E-state index contributed by atoms with van der Waals surface area (Å²) in [5, 5.41) is 21.3. The third-order valence-electron chi connectivity index (χ3n) is 2.44. The minimum absolute atomic E-state index is 0.421. The van der Waals surface area contributed by atoms with Gasteiger partial charge in [-0.25, -0.2) is 0 Å². The molecule has 0 heterocycles. The van der Waals surface area contributed by atoms with Gasteiger partial charge in [-0.3, -0.25) is 0 Å². The zero-order chi connectivity index (χ0) is 12.1. The molecule has 0 aliphatic rings. The van der Waals surface area contributed by atoms with Crippen LogP contribution in [-0.4, -0.2) is 29.3 Å². The maximum Gasteiger partial charge on any atom is 0.488 e. The Labute approximate surface area is 97.7 Å². The second-order valence-corrected chi connectivity index (χ2v) is 4.54. The van der Waals surface area contributed by atoms with Crippen molar-refractivity contribution in [1.29, 1.82) is 0 Å². The van der Waals surface area contributed by atoms with E-state index in [0.717, 1.165) is 6.42 Å². The average Bonchev–Trinajstić information content (AvgIpc) is 2.16. The fraction of sp³-hybridized carbons (Fsp3) is 0.500. The van der Waals surface area contributed by atoms with Gasteiger partial charge in [0.05, 0.1) is 0 Å². The summed E-state index contributed by atoms with van der Waals surface area (Å²) in [4.78, 5) is 0. The summed E-state index contributed by atoms with van der Waals surface area (Å²) >= 11 is 0. The first-order valence-corrected chi connectivity index (χ1v) is 5.70. The highest BCUT2D eigenvalue weighted by molar-refractivity contribution is 6.58. The smallest absolute Gasteiger partial charge is 0.423 e. The van der Waals surface area contributed by atoms with Crippen LogP contribution in [0.1, 0.15) is 26.3 Å². The van der Waals surface area contributed by atoms with E-state index in [-0.39, 0.29) is 0 Å². The van der Waals surface area contributed by atoms with Crippen molar-refractivity contribution < 1.29 is 10.0 Å². The molecule has 0 radical (unpaired) electrons. The summed E-state index contributed by atoms with van der Waals surface area (Å²) in [6, 6.07) is 8.28. The van der Waals surface area contributed by atoms with Gasteiger partial charge in [-0.2, -0.15) is 0 Å². The van der Waals surface area contributed by atoms with Gasteiger partial charge in [0.25, 0.3) is 0 Å². The van der Waals surface area contributed by atoms with E-state index in [1.165, 1.54) is 5.56 Å². The van der Waals surface area contributed by atoms with Crippen LogP contribution in [-0.2, 0) is 6.42 Å². The number of rotatable bonds is 5. The molecule has 0 spiro atoms. The van der Waals surface area contributed by atoms with E-state index in [1.54, 1.807) is 12.1 Å². The summed E-state index contributed by atoms with van der Waals surface area (Å²) < 4.78 is 0. The van der Waals surface area contributed by atoms with Gasteiger partial charge in [0.15, 0.2) is 0 Å². The van der Waals surface area contributed by atoms with Gasteiger partial charge in [-0.1, -0.05) is 38.1 Å². The van der Waals surface area contributed by atoms with Gasteiger partial charge < -0.3 is 15.4 Å². The van der Waals surface area contributed by atoms with E-state index in [0.29, 0.717) is 17.5 Å². The summed E-state index contributed by atoms with van der Waals surface area (Å²) in [6.07, 6.45) is 0.944. The lowest BCUT2D eigenvalue weighted by Gasteiger charge is -2.16. The molecule has 1 aromatic rings. The largest absolute Gasteiger partial charge is 0.488 e. The Morgan fingerprint density at radius 1 is 1.12 bits per heavy atom. The molecule has 1 rings (SSSR count). The highest BCUT2D eigenvalue weighted by atomic mass is 16.4. The average molecular weight is 221 g/mol. The molecule has 0 fully saturated rings. The van der Waals surface area contributed by atoms with Gasteiger partial charge in [0, 0.05) is 12.1 Å². The second-order valence-electron chi connectivity index (χ2n) is 4.54. The predicted octanol–water partition coefficient (Wildman–Crippen LogP) is 0.295. The molecule has 1 atom stereocenters. The zero-order valence-corrected chi connectivity index (χ0v) is 10.1. The van der Waals surface area contributed by atoms with Crippen LogP contribution in [0.4, 0.5) is 0 Å². The van der Waals surface area contributed by atoms with Crippen LogP contribution in [0.5, 0.6) is 0 Å². The van der Waals surface area contributed by atoms with E-state index in [9.17, 15) is 0 Å². The van der Waals surface area contributed by atoms with Gasteiger partial charge >= 0.3 is 7.12 Å². The minimum atomic E-state index is -1.37. The van der Waals surface area contributed by atoms with Gasteiger partial charge in [0.1, 0.15) is 0 Å². The first kappa shape index (κ1) is 13.2. The van der Waals surface area contributed by atoms with Crippen molar-refractivity contribution >= 4 is 12.6 Å². The minimum Gasteiger partial charge on any atom is -0.423 e. The monoisotopic (exact) mass is 221 g/mol. The van der Waals surface area contributed by atoms with E-state index in [4.69, 9.17) is 10.0 Å². The number of hydrogen-bond acceptors (Lipinski definition) is 3. The zero-order valence-electron chi connectivity index (χ0n) is 10.1. The lowest BCUT2D eigenvalue weighted by molar-refractivity contribution is 0.426. The molecule has 0 aromatic heterocycles. The molecular weight excluding hydrogens is 201 g/mol. The van der Waals surface area contributed by atoms with E-state index in [2.05, 4.69) is 26.1 Å². The molecule has 4 heteroatoms. The molecular formula is C12H20BNO2. The molecule has 0 aliphatic carbocycles. The van der Waals surface area contributed by atoms with Gasteiger partial charge in [-0.15, -0.1) is 0 Å². The van der Waals surface area contributed by atoms with Crippen molar-refractivity contribution in [2.24, 2.45) is 0 Å². The van der Waals surface area contributed by atoms with Crippen molar-refractivity contribution in [1.82, 2.24) is 5.32 Å². The lowest BCUT2D eigenvalue weighted by atomic mass is 9.80. The normalized spacial score (nSPS) is 12.9. The van der Waals surface area contributed by atoms with Gasteiger partial charge in [-0.05, 0) is 24.4 Å². The van der Waals surface area contributed by atoms with Crippen molar-refractivity contribution in [3.05, 3.63) is 29.8 Å². The van der Waals surface area contributed by atoms with Crippen LogP contribution in [0.3, 0.4) is 0 Å². The standard InChI is InChI=1S/C12H20BNO2/c1-9(2)14-10(3)8-11-4-6-12(7-5-11)13(15)16/h4-7,9-10,14-16H,8H2,1-3H3.